The first-order valence-corrected chi connectivity index (χ1v) is 5.36. The first kappa shape index (κ1) is 10.8. The number of carbonyl (C=O) groups excluding carboxylic acids is 1. The van der Waals surface area contributed by atoms with Crippen LogP contribution in [-0.2, 0) is 0 Å². The number of benzene rings is 1. The molecule has 0 fully saturated rings. The summed E-state index contributed by atoms with van der Waals surface area (Å²) in [5.74, 6) is 0.105. The second kappa shape index (κ2) is 4.29. The molecule has 1 aromatic carbocycles. The lowest BCUT2D eigenvalue weighted by Gasteiger charge is -2.06. The van der Waals surface area contributed by atoms with E-state index in [0.717, 1.165) is 16.0 Å². The summed E-state index contributed by atoms with van der Waals surface area (Å²) in [7, 11) is 0. The van der Waals surface area contributed by atoms with Crippen LogP contribution in [0.1, 0.15) is 22.8 Å². The molecule has 0 N–H and O–H groups in total. The Morgan fingerprint density at radius 2 is 2.15 bits per heavy atom. The van der Waals surface area contributed by atoms with Gasteiger partial charge in [-0.2, -0.15) is 0 Å². The first-order valence-electron chi connectivity index (χ1n) is 4.00. The number of halogens is 1. The molecule has 13 heavy (non-hydrogen) atoms. The minimum Gasteiger partial charge on any atom is -0.293 e. The van der Waals surface area contributed by atoms with Gasteiger partial charge in [-0.05, 0) is 31.5 Å². The molecule has 0 amide bonds. The van der Waals surface area contributed by atoms with Crippen LogP contribution >= 0.6 is 28.6 Å². The minimum absolute atomic E-state index is 0.105. The van der Waals surface area contributed by atoms with Crippen LogP contribution in [0.4, 0.5) is 0 Å². The van der Waals surface area contributed by atoms with E-state index in [1.54, 1.807) is 6.07 Å². The second-order valence-electron chi connectivity index (χ2n) is 2.98. The lowest BCUT2D eigenvalue weighted by molar-refractivity contribution is 0.0995. The zero-order chi connectivity index (χ0) is 10.0. The van der Waals surface area contributed by atoms with Crippen LogP contribution in [0.3, 0.4) is 0 Å². The number of thiol groups is 1. The molecule has 1 unspecified atom stereocenters. The molecule has 0 saturated heterocycles. The molecule has 1 rings (SSSR count). The van der Waals surface area contributed by atoms with E-state index in [2.05, 4.69) is 28.6 Å². The summed E-state index contributed by atoms with van der Waals surface area (Å²) in [6.07, 6.45) is 0. The molecule has 0 aliphatic rings. The van der Waals surface area contributed by atoms with Gasteiger partial charge in [0.2, 0.25) is 0 Å². The fourth-order valence-corrected chi connectivity index (χ4v) is 1.54. The first-order chi connectivity index (χ1) is 6.02. The van der Waals surface area contributed by atoms with E-state index in [9.17, 15) is 4.79 Å². The standard InChI is InChI=1S/C10H11BrOS/c1-6-3-4-8(13)5-9(6)10(12)7(2)11/h3-5,7,13H,1-2H3. The largest absolute Gasteiger partial charge is 0.293 e. The highest BCUT2D eigenvalue weighted by Crippen LogP contribution is 2.17. The van der Waals surface area contributed by atoms with Crippen LogP contribution in [0, 0.1) is 6.92 Å². The van der Waals surface area contributed by atoms with Crippen LogP contribution in [0.2, 0.25) is 0 Å². The molecule has 0 aliphatic heterocycles. The van der Waals surface area contributed by atoms with Gasteiger partial charge in [-0.15, -0.1) is 12.6 Å². The Bertz CT molecular complexity index is 334. The average molecular weight is 259 g/mol. The molecule has 0 heterocycles. The molecular weight excluding hydrogens is 248 g/mol. The number of hydrogen-bond donors (Lipinski definition) is 1. The molecule has 0 aliphatic carbocycles. The molecular formula is C10H11BrOS. The Balaban J connectivity index is 3.13. The molecule has 70 valence electrons. The van der Waals surface area contributed by atoms with Gasteiger partial charge in [0, 0.05) is 10.5 Å². The molecule has 0 bridgehead atoms. The van der Waals surface area contributed by atoms with Crippen molar-refractivity contribution >= 4 is 34.3 Å². The zero-order valence-electron chi connectivity index (χ0n) is 7.54. The van der Waals surface area contributed by atoms with Crippen LogP contribution < -0.4 is 0 Å². The van der Waals surface area contributed by atoms with Crippen molar-refractivity contribution in [3.63, 3.8) is 0 Å². The van der Waals surface area contributed by atoms with Crippen molar-refractivity contribution in [2.75, 3.05) is 0 Å². The maximum absolute atomic E-state index is 11.6. The normalized spacial score (nSPS) is 12.6. The van der Waals surface area contributed by atoms with Crippen molar-refractivity contribution in [1.82, 2.24) is 0 Å². The molecule has 0 aromatic heterocycles. The van der Waals surface area contributed by atoms with Gasteiger partial charge in [0.25, 0.3) is 0 Å². The fraction of sp³-hybridized carbons (Fsp3) is 0.300. The van der Waals surface area contributed by atoms with Gasteiger partial charge in [0.05, 0.1) is 4.83 Å². The Kier molecular flexibility index (Phi) is 3.56. The highest BCUT2D eigenvalue weighted by atomic mass is 79.9. The topological polar surface area (TPSA) is 17.1 Å². The van der Waals surface area contributed by atoms with Gasteiger partial charge >= 0.3 is 0 Å². The minimum atomic E-state index is -0.138. The Morgan fingerprint density at radius 3 is 2.69 bits per heavy atom. The van der Waals surface area contributed by atoms with Crippen molar-refractivity contribution < 1.29 is 4.79 Å². The van der Waals surface area contributed by atoms with Crippen LogP contribution in [0.25, 0.3) is 0 Å². The number of Topliss-reactive ketones (excluding diaryl/α,β-unsaturated/α-hetero) is 1. The summed E-state index contributed by atoms with van der Waals surface area (Å²) < 4.78 is 0. The molecule has 0 radical (unpaired) electrons. The monoisotopic (exact) mass is 258 g/mol. The Morgan fingerprint density at radius 1 is 1.54 bits per heavy atom. The Hall–Kier alpha value is -0.280. The van der Waals surface area contributed by atoms with Gasteiger partial charge in [-0.25, -0.2) is 0 Å². The van der Waals surface area contributed by atoms with Crippen molar-refractivity contribution in [2.24, 2.45) is 0 Å². The summed E-state index contributed by atoms with van der Waals surface area (Å²) in [5, 5.41) is 0. The van der Waals surface area contributed by atoms with Crippen LogP contribution in [0.5, 0.6) is 0 Å². The predicted molar refractivity (Wildman–Crippen MR) is 61.2 cm³/mol. The smallest absolute Gasteiger partial charge is 0.176 e. The molecule has 0 saturated carbocycles. The zero-order valence-corrected chi connectivity index (χ0v) is 10.0. The third-order valence-electron chi connectivity index (χ3n) is 1.85. The third kappa shape index (κ3) is 2.58. The third-order valence-corrected chi connectivity index (χ3v) is 2.54. The lowest BCUT2D eigenvalue weighted by Crippen LogP contribution is -2.11. The van der Waals surface area contributed by atoms with E-state index in [-0.39, 0.29) is 10.6 Å². The second-order valence-corrected chi connectivity index (χ2v) is 4.87. The fourth-order valence-electron chi connectivity index (χ4n) is 1.09. The molecule has 1 aromatic rings. The van der Waals surface area contributed by atoms with Crippen molar-refractivity contribution in [3.8, 4) is 0 Å². The number of rotatable bonds is 2. The van der Waals surface area contributed by atoms with E-state index in [1.165, 1.54) is 0 Å². The maximum Gasteiger partial charge on any atom is 0.176 e. The van der Waals surface area contributed by atoms with Gasteiger partial charge in [0.15, 0.2) is 5.78 Å². The quantitative estimate of drug-likeness (QED) is 0.490. The summed E-state index contributed by atoms with van der Waals surface area (Å²) in [6.45, 7) is 3.75. The summed E-state index contributed by atoms with van der Waals surface area (Å²) in [6, 6.07) is 5.59. The molecule has 0 spiro atoms. The number of carbonyl (C=O) groups is 1. The van der Waals surface area contributed by atoms with Gasteiger partial charge in [-0.3, -0.25) is 4.79 Å². The highest BCUT2D eigenvalue weighted by Gasteiger charge is 2.13. The van der Waals surface area contributed by atoms with Crippen LogP contribution in [-0.4, -0.2) is 10.6 Å². The van der Waals surface area contributed by atoms with Gasteiger partial charge in [0.1, 0.15) is 0 Å². The molecule has 1 nitrogen and oxygen atoms in total. The summed E-state index contributed by atoms with van der Waals surface area (Å²) in [4.78, 5) is 12.3. The average Bonchev–Trinajstić information content (AvgIpc) is 2.08. The molecule has 1 atom stereocenters. The summed E-state index contributed by atoms with van der Waals surface area (Å²) in [5.41, 5.74) is 1.74. The van der Waals surface area contributed by atoms with E-state index in [4.69, 9.17) is 0 Å². The van der Waals surface area contributed by atoms with E-state index in [0.29, 0.717) is 0 Å². The number of aryl methyl sites for hydroxylation is 1. The molecule has 3 heteroatoms. The van der Waals surface area contributed by atoms with Crippen molar-refractivity contribution in [2.45, 2.75) is 23.6 Å². The van der Waals surface area contributed by atoms with Gasteiger partial charge < -0.3 is 0 Å². The number of hydrogen-bond acceptors (Lipinski definition) is 2. The predicted octanol–water partition coefficient (Wildman–Crippen LogP) is 3.25. The number of alkyl halides is 1. The maximum atomic E-state index is 11.6. The van der Waals surface area contributed by atoms with Gasteiger partial charge in [-0.1, -0.05) is 22.0 Å². The van der Waals surface area contributed by atoms with E-state index in [1.807, 2.05) is 26.0 Å². The van der Waals surface area contributed by atoms with Crippen molar-refractivity contribution in [3.05, 3.63) is 29.3 Å². The lowest BCUT2D eigenvalue weighted by atomic mass is 10.0. The van der Waals surface area contributed by atoms with Crippen molar-refractivity contribution in [1.29, 1.82) is 0 Å². The summed E-state index contributed by atoms with van der Waals surface area (Å²) >= 11 is 7.46. The highest BCUT2D eigenvalue weighted by molar-refractivity contribution is 9.10. The number of ketones is 1. The SMILES string of the molecule is Cc1ccc(S)cc1C(=O)C(C)Br. The van der Waals surface area contributed by atoms with E-state index < -0.39 is 0 Å². The van der Waals surface area contributed by atoms with E-state index >= 15 is 0 Å². The Labute approximate surface area is 92.1 Å². The van der Waals surface area contributed by atoms with Crippen LogP contribution in [0.15, 0.2) is 23.1 Å².